The van der Waals surface area contributed by atoms with Gasteiger partial charge in [-0.05, 0) is 109 Å². The zero-order valence-electron chi connectivity index (χ0n) is 40.0. The number of fused-ring (bicyclic) bond motifs is 7. The number of anilines is 3. The highest BCUT2D eigenvalue weighted by atomic mass is 32.1. The summed E-state index contributed by atoms with van der Waals surface area (Å²) in [4.78, 5) is 2.53. The predicted molar refractivity (Wildman–Crippen MR) is 304 cm³/mol. The van der Waals surface area contributed by atoms with Gasteiger partial charge < -0.3 is 4.90 Å². The molecule has 0 bridgehead atoms. The Morgan fingerprint density at radius 3 is 1.51 bits per heavy atom. The number of rotatable bonds is 7. The van der Waals surface area contributed by atoms with Gasteiger partial charge >= 0.3 is 0 Å². The molecule has 0 aliphatic carbocycles. The second kappa shape index (κ2) is 16.7. The van der Waals surface area contributed by atoms with E-state index in [2.05, 4.69) is 259 Å². The van der Waals surface area contributed by atoms with Crippen LogP contribution in [-0.2, 0) is 10.8 Å². The van der Waals surface area contributed by atoms with Gasteiger partial charge in [-0.1, -0.05) is 211 Å². The van der Waals surface area contributed by atoms with Crippen molar-refractivity contribution in [3.8, 4) is 44.5 Å². The number of thiophene rings is 2. The van der Waals surface area contributed by atoms with Crippen molar-refractivity contribution in [2.75, 3.05) is 4.90 Å². The van der Waals surface area contributed by atoms with Gasteiger partial charge in [-0.3, -0.25) is 0 Å². The number of benzene rings is 10. The van der Waals surface area contributed by atoms with Crippen molar-refractivity contribution in [2.45, 2.75) is 52.4 Å². The van der Waals surface area contributed by atoms with Gasteiger partial charge in [-0.25, -0.2) is 0 Å². The van der Waals surface area contributed by atoms with Gasteiger partial charge in [0.05, 0.1) is 11.4 Å². The van der Waals surface area contributed by atoms with Crippen molar-refractivity contribution in [1.82, 2.24) is 0 Å². The van der Waals surface area contributed by atoms with E-state index in [4.69, 9.17) is 0 Å². The van der Waals surface area contributed by atoms with Gasteiger partial charge in [-0.2, -0.15) is 0 Å². The van der Waals surface area contributed by atoms with Crippen LogP contribution in [0.1, 0.15) is 52.7 Å². The molecule has 0 radical (unpaired) electrons. The maximum absolute atomic E-state index is 2.53. The Kier molecular flexibility index (Phi) is 10.4. The summed E-state index contributed by atoms with van der Waals surface area (Å²) < 4.78 is 5.22. The molecule has 0 atom stereocenters. The van der Waals surface area contributed by atoms with Crippen molar-refractivity contribution in [2.24, 2.45) is 0 Å². The summed E-state index contributed by atoms with van der Waals surface area (Å²) in [6, 6.07) is 79.6. The minimum absolute atomic E-state index is 0.0133. The molecule has 0 fully saturated rings. The van der Waals surface area contributed by atoms with Crippen LogP contribution in [0.3, 0.4) is 0 Å². The standard InChI is InChI=1S/C66H53NS2/c1-65(2,3)45-38-44(39-46(41-45)66(4,5)6)48-28-16-20-42-21-17-30-53(62(42)48)50-24-7-11-33-57(50)67(47-23-15-22-43(40-47)49-29-18-32-55-52-26-9-13-35-59(52)69-64(49)55)58-34-12-8-25-51(58)54-31-19-37-61-63(54)56-27-10-14-36-60(56)68-61/h7-41H,1-6H3. The lowest BCUT2D eigenvalue weighted by Gasteiger charge is -2.31. The molecule has 0 N–H and O–H groups in total. The molecule has 2 aromatic heterocycles. The van der Waals surface area contributed by atoms with E-state index in [1.54, 1.807) is 0 Å². The van der Waals surface area contributed by atoms with E-state index in [9.17, 15) is 0 Å². The van der Waals surface area contributed by atoms with Crippen LogP contribution in [0.4, 0.5) is 17.1 Å². The first kappa shape index (κ1) is 43.0. The average molecular weight is 924 g/mol. The van der Waals surface area contributed by atoms with Crippen LogP contribution in [0.2, 0.25) is 0 Å². The molecule has 334 valence electrons. The number of hydrogen-bond acceptors (Lipinski definition) is 3. The molecule has 0 aliphatic heterocycles. The van der Waals surface area contributed by atoms with E-state index < -0.39 is 0 Å². The lowest BCUT2D eigenvalue weighted by atomic mass is 9.78. The third-order valence-electron chi connectivity index (χ3n) is 14.0. The Bertz CT molecular complexity index is 3910. The first-order valence-corrected chi connectivity index (χ1v) is 25.7. The highest BCUT2D eigenvalue weighted by Gasteiger charge is 2.26. The highest BCUT2D eigenvalue weighted by Crippen LogP contribution is 2.50. The van der Waals surface area contributed by atoms with Gasteiger partial charge in [0.2, 0.25) is 0 Å². The summed E-state index contributed by atoms with van der Waals surface area (Å²) in [6.45, 7) is 14.0. The molecule has 12 rings (SSSR count). The molecule has 10 aromatic carbocycles. The number of nitrogens with zero attached hydrogens (tertiary/aromatic N) is 1. The topological polar surface area (TPSA) is 3.24 Å². The average Bonchev–Trinajstić information content (AvgIpc) is 3.95. The quantitative estimate of drug-likeness (QED) is 0.154. The molecule has 3 heteroatoms. The van der Waals surface area contributed by atoms with E-state index >= 15 is 0 Å². The Labute approximate surface area is 413 Å². The molecule has 12 aromatic rings. The lowest BCUT2D eigenvalue weighted by Crippen LogP contribution is -2.16. The molecule has 1 nitrogen and oxygen atoms in total. The Morgan fingerprint density at radius 2 is 0.826 bits per heavy atom. The Balaban J connectivity index is 1.13. The van der Waals surface area contributed by atoms with E-state index in [0.717, 1.165) is 17.1 Å². The second-order valence-corrected chi connectivity index (χ2v) is 22.6. The van der Waals surface area contributed by atoms with Crippen molar-refractivity contribution < 1.29 is 0 Å². The Hall–Kier alpha value is -7.30. The molecule has 0 saturated carbocycles. The third-order valence-corrected chi connectivity index (χ3v) is 16.3. The first-order valence-electron chi connectivity index (χ1n) is 24.1. The maximum Gasteiger partial charge on any atom is 0.0540 e. The highest BCUT2D eigenvalue weighted by molar-refractivity contribution is 7.26. The molecule has 0 aliphatic rings. The summed E-state index contributed by atoms with van der Waals surface area (Å²) in [6.07, 6.45) is 0. The largest absolute Gasteiger partial charge is 0.309 e. The first-order chi connectivity index (χ1) is 33.5. The van der Waals surface area contributed by atoms with Gasteiger partial charge in [0.1, 0.15) is 0 Å². The fourth-order valence-electron chi connectivity index (χ4n) is 10.4. The normalized spacial score (nSPS) is 12.2. The zero-order valence-corrected chi connectivity index (χ0v) is 41.6. The van der Waals surface area contributed by atoms with E-state index in [1.807, 2.05) is 22.7 Å². The molecule has 2 heterocycles. The van der Waals surface area contributed by atoms with Crippen LogP contribution < -0.4 is 4.90 Å². The van der Waals surface area contributed by atoms with E-state index in [1.165, 1.54) is 107 Å². The smallest absolute Gasteiger partial charge is 0.0540 e. The predicted octanol–water partition coefficient (Wildman–Crippen LogP) is 20.3. The van der Waals surface area contributed by atoms with Crippen LogP contribution in [0.5, 0.6) is 0 Å². The monoisotopic (exact) mass is 923 g/mol. The van der Waals surface area contributed by atoms with Gasteiger partial charge in [0, 0.05) is 57.2 Å². The van der Waals surface area contributed by atoms with Crippen molar-refractivity contribution in [3.63, 3.8) is 0 Å². The van der Waals surface area contributed by atoms with E-state index in [-0.39, 0.29) is 10.8 Å². The van der Waals surface area contributed by atoms with Gasteiger partial charge in [-0.15, -0.1) is 22.7 Å². The van der Waals surface area contributed by atoms with Crippen molar-refractivity contribution in [3.05, 3.63) is 223 Å². The van der Waals surface area contributed by atoms with Crippen LogP contribution in [0.15, 0.2) is 212 Å². The van der Waals surface area contributed by atoms with Crippen LogP contribution in [0, 0.1) is 0 Å². The van der Waals surface area contributed by atoms with Crippen molar-refractivity contribution >= 4 is 90.9 Å². The Morgan fingerprint density at radius 1 is 0.333 bits per heavy atom. The molecule has 69 heavy (non-hydrogen) atoms. The summed E-state index contributed by atoms with van der Waals surface area (Å²) in [5.41, 5.74) is 15.7. The molecular formula is C66H53NS2. The molecule has 0 unspecified atom stereocenters. The van der Waals surface area contributed by atoms with E-state index in [0.29, 0.717) is 0 Å². The fraction of sp³-hybridized carbons (Fsp3) is 0.121. The third kappa shape index (κ3) is 7.53. The SMILES string of the molecule is CC(C)(C)c1cc(-c2cccc3cccc(-c4ccccc4N(c4cccc(-c5cccc6c5sc5ccccc56)c4)c4ccccc4-c4cccc5sc6ccccc6c45)c23)cc(C(C)(C)C)c1. The molecule has 0 spiro atoms. The summed E-state index contributed by atoms with van der Waals surface area (Å²) in [7, 11) is 0. The minimum Gasteiger partial charge on any atom is -0.309 e. The van der Waals surface area contributed by atoms with Gasteiger partial charge in [0.25, 0.3) is 0 Å². The molecule has 0 amide bonds. The maximum atomic E-state index is 2.53. The van der Waals surface area contributed by atoms with Crippen LogP contribution >= 0.6 is 22.7 Å². The number of para-hydroxylation sites is 2. The van der Waals surface area contributed by atoms with Crippen LogP contribution in [-0.4, -0.2) is 0 Å². The van der Waals surface area contributed by atoms with Crippen molar-refractivity contribution in [1.29, 1.82) is 0 Å². The fourth-order valence-corrected chi connectivity index (χ4v) is 12.8. The van der Waals surface area contributed by atoms with Crippen LogP contribution in [0.25, 0.3) is 95.6 Å². The lowest BCUT2D eigenvalue weighted by molar-refractivity contribution is 0.569. The summed E-state index contributed by atoms with van der Waals surface area (Å²) in [5.74, 6) is 0. The summed E-state index contributed by atoms with van der Waals surface area (Å²) >= 11 is 3.76. The molecule has 0 saturated heterocycles. The minimum atomic E-state index is -0.0133. The van der Waals surface area contributed by atoms with Gasteiger partial charge in [0.15, 0.2) is 0 Å². The zero-order chi connectivity index (χ0) is 47.0. The second-order valence-electron chi connectivity index (χ2n) is 20.5. The summed E-state index contributed by atoms with van der Waals surface area (Å²) in [5, 5.41) is 7.68. The molecular weight excluding hydrogens is 871 g/mol. The number of hydrogen-bond donors (Lipinski definition) is 0.